The Balaban J connectivity index is 1.27. The van der Waals surface area contributed by atoms with Crippen molar-refractivity contribution in [3.05, 3.63) is 78.5 Å². The Morgan fingerprint density at radius 2 is 1.75 bits per heavy atom. The first-order chi connectivity index (χ1) is 13.8. The predicted molar refractivity (Wildman–Crippen MR) is 104 cm³/mol. The maximum atomic E-state index is 12.9. The topological polar surface area (TPSA) is 68.3 Å². The molecule has 4 heterocycles. The summed E-state index contributed by atoms with van der Waals surface area (Å²) in [5.41, 5.74) is 2.52. The number of fused-ring (bicyclic) bond motifs is 1. The van der Waals surface area contributed by atoms with E-state index < -0.39 is 0 Å². The number of likely N-dealkylation sites (tertiary alicyclic amines) is 1. The summed E-state index contributed by atoms with van der Waals surface area (Å²) < 4.78 is 3.83. The molecule has 28 heavy (non-hydrogen) atoms. The highest BCUT2D eigenvalue weighted by molar-refractivity contribution is 5.94. The summed E-state index contributed by atoms with van der Waals surface area (Å²) >= 11 is 0. The Bertz CT molecular complexity index is 1090. The number of pyridine rings is 1. The third-order valence-corrected chi connectivity index (χ3v) is 5.37. The molecule has 0 atom stereocenters. The standard InChI is InChI=1S/C21H20N6O/c28-21(17-5-7-18(8-6-17)27-13-3-11-22-27)25-14-9-16(10-15-25)20-24-23-19-4-1-2-12-26(19)20/h1-8,11-13,16H,9-10,14-15H2. The van der Waals surface area contributed by atoms with Crippen LogP contribution >= 0.6 is 0 Å². The van der Waals surface area contributed by atoms with Crippen molar-refractivity contribution in [2.45, 2.75) is 18.8 Å². The van der Waals surface area contributed by atoms with E-state index in [9.17, 15) is 4.79 Å². The van der Waals surface area contributed by atoms with Gasteiger partial charge in [-0.15, -0.1) is 10.2 Å². The van der Waals surface area contributed by atoms with Crippen molar-refractivity contribution in [3.8, 4) is 5.69 Å². The summed E-state index contributed by atoms with van der Waals surface area (Å²) in [4.78, 5) is 14.8. The van der Waals surface area contributed by atoms with Crippen molar-refractivity contribution in [2.24, 2.45) is 0 Å². The third kappa shape index (κ3) is 2.94. The minimum Gasteiger partial charge on any atom is -0.339 e. The number of hydrogen-bond donors (Lipinski definition) is 0. The number of amides is 1. The van der Waals surface area contributed by atoms with Gasteiger partial charge < -0.3 is 4.90 Å². The molecule has 0 N–H and O–H groups in total. The van der Waals surface area contributed by atoms with E-state index in [1.54, 1.807) is 10.9 Å². The van der Waals surface area contributed by atoms with Gasteiger partial charge in [-0.05, 0) is 55.3 Å². The van der Waals surface area contributed by atoms with E-state index in [2.05, 4.69) is 19.7 Å². The van der Waals surface area contributed by atoms with Crippen LogP contribution in [0.1, 0.15) is 34.9 Å². The minimum absolute atomic E-state index is 0.0802. The zero-order valence-electron chi connectivity index (χ0n) is 15.3. The summed E-state index contributed by atoms with van der Waals surface area (Å²) in [7, 11) is 0. The molecule has 1 aromatic carbocycles. The zero-order valence-corrected chi connectivity index (χ0v) is 15.3. The molecule has 5 rings (SSSR count). The highest BCUT2D eigenvalue weighted by Crippen LogP contribution is 2.28. The first-order valence-corrected chi connectivity index (χ1v) is 9.48. The lowest BCUT2D eigenvalue weighted by molar-refractivity contribution is 0.0711. The second-order valence-electron chi connectivity index (χ2n) is 7.05. The monoisotopic (exact) mass is 372 g/mol. The zero-order chi connectivity index (χ0) is 18.9. The number of carbonyl (C=O) groups excluding carboxylic acids is 1. The summed E-state index contributed by atoms with van der Waals surface area (Å²) in [6.45, 7) is 1.46. The van der Waals surface area contributed by atoms with Gasteiger partial charge in [0, 0.05) is 43.2 Å². The Kier molecular flexibility index (Phi) is 4.12. The molecule has 4 aromatic rings. The Hall–Kier alpha value is -3.48. The van der Waals surface area contributed by atoms with Gasteiger partial charge >= 0.3 is 0 Å². The number of nitrogens with zero attached hydrogens (tertiary/aromatic N) is 6. The molecule has 0 bridgehead atoms. The molecular formula is C21H20N6O. The van der Waals surface area contributed by atoms with Crippen LogP contribution in [-0.4, -0.2) is 48.3 Å². The first kappa shape index (κ1) is 16.7. The first-order valence-electron chi connectivity index (χ1n) is 9.48. The fraction of sp³-hybridized carbons (Fsp3) is 0.238. The fourth-order valence-corrected chi connectivity index (χ4v) is 3.84. The van der Waals surface area contributed by atoms with E-state index in [-0.39, 0.29) is 5.91 Å². The van der Waals surface area contributed by atoms with Crippen LogP contribution in [0.25, 0.3) is 11.3 Å². The van der Waals surface area contributed by atoms with Crippen LogP contribution < -0.4 is 0 Å². The van der Waals surface area contributed by atoms with Crippen LogP contribution in [0.2, 0.25) is 0 Å². The van der Waals surface area contributed by atoms with Gasteiger partial charge in [-0.2, -0.15) is 5.10 Å². The molecule has 0 aliphatic carbocycles. The molecule has 0 spiro atoms. The van der Waals surface area contributed by atoms with Crippen molar-refractivity contribution in [1.29, 1.82) is 0 Å². The fourth-order valence-electron chi connectivity index (χ4n) is 3.84. The Morgan fingerprint density at radius 1 is 0.929 bits per heavy atom. The third-order valence-electron chi connectivity index (χ3n) is 5.37. The second-order valence-corrected chi connectivity index (χ2v) is 7.05. The maximum Gasteiger partial charge on any atom is 0.253 e. The molecule has 0 saturated carbocycles. The van der Waals surface area contributed by atoms with Crippen LogP contribution in [0.15, 0.2) is 67.1 Å². The van der Waals surface area contributed by atoms with E-state index in [4.69, 9.17) is 0 Å². The highest BCUT2D eigenvalue weighted by Gasteiger charge is 2.27. The number of benzene rings is 1. The number of aromatic nitrogens is 5. The number of piperidine rings is 1. The van der Waals surface area contributed by atoms with Gasteiger partial charge in [-0.1, -0.05) is 6.07 Å². The highest BCUT2D eigenvalue weighted by atomic mass is 16.2. The molecule has 1 aliphatic rings. The van der Waals surface area contributed by atoms with Crippen molar-refractivity contribution >= 4 is 11.6 Å². The summed E-state index contributed by atoms with van der Waals surface area (Å²) in [5, 5.41) is 12.8. The van der Waals surface area contributed by atoms with E-state index >= 15 is 0 Å². The summed E-state index contributed by atoms with van der Waals surface area (Å²) in [6, 6.07) is 15.4. The molecule has 3 aromatic heterocycles. The maximum absolute atomic E-state index is 12.9. The van der Waals surface area contributed by atoms with E-state index in [1.165, 1.54) is 0 Å². The molecule has 1 aliphatic heterocycles. The molecule has 7 nitrogen and oxygen atoms in total. The quantitative estimate of drug-likeness (QED) is 0.554. The molecule has 0 unspecified atom stereocenters. The predicted octanol–water partition coefficient (Wildman–Crippen LogP) is 2.93. The van der Waals surface area contributed by atoms with Gasteiger partial charge in [0.2, 0.25) is 0 Å². The minimum atomic E-state index is 0.0802. The van der Waals surface area contributed by atoms with Gasteiger partial charge in [0.05, 0.1) is 5.69 Å². The van der Waals surface area contributed by atoms with E-state index in [1.807, 2.05) is 65.8 Å². The van der Waals surface area contributed by atoms with Crippen LogP contribution in [0, 0.1) is 0 Å². The molecular weight excluding hydrogens is 352 g/mol. The normalized spacial score (nSPS) is 15.2. The van der Waals surface area contributed by atoms with Gasteiger partial charge in [0.15, 0.2) is 5.65 Å². The van der Waals surface area contributed by atoms with Crippen molar-refractivity contribution in [1.82, 2.24) is 29.3 Å². The van der Waals surface area contributed by atoms with Crippen LogP contribution in [0.4, 0.5) is 0 Å². The van der Waals surface area contributed by atoms with Crippen molar-refractivity contribution in [2.75, 3.05) is 13.1 Å². The van der Waals surface area contributed by atoms with Gasteiger partial charge in [-0.3, -0.25) is 9.20 Å². The molecule has 7 heteroatoms. The lowest BCUT2D eigenvalue weighted by atomic mass is 9.95. The van der Waals surface area contributed by atoms with Crippen molar-refractivity contribution < 1.29 is 4.79 Å². The largest absolute Gasteiger partial charge is 0.339 e. The summed E-state index contributed by atoms with van der Waals surface area (Å²) in [5.74, 6) is 1.39. The number of hydrogen-bond acceptors (Lipinski definition) is 4. The smallest absolute Gasteiger partial charge is 0.253 e. The van der Waals surface area contributed by atoms with Crippen LogP contribution in [0.3, 0.4) is 0 Å². The molecule has 1 fully saturated rings. The average molecular weight is 372 g/mol. The summed E-state index contributed by atoms with van der Waals surface area (Å²) in [6.07, 6.45) is 7.42. The van der Waals surface area contributed by atoms with Gasteiger partial charge in [0.1, 0.15) is 5.82 Å². The second kappa shape index (κ2) is 6.92. The SMILES string of the molecule is O=C(c1ccc(-n2cccn2)cc1)N1CCC(c2nnc3ccccn23)CC1. The van der Waals surface area contributed by atoms with Crippen LogP contribution in [-0.2, 0) is 0 Å². The lowest BCUT2D eigenvalue weighted by Gasteiger charge is -2.31. The lowest BCUT2D eigenvalue weighted by Crippen LogP contribution is -2.38. The molecule has 1 saturated heterocycles. The molecule has 0 radical (unpaired) electrons. The number of carbonyl (C=O) groups is 1. The van der Waals surface area contributed by atoms with E-state index in [0.717, 1.165) is 43.1 Å². The Labute approximate surface area is 162 Å². The van der Waals surface area contributed by atoms with Gasteiger partial charge in [0.25, 0.3) is 5.91 Å². The van der Waals surface area contributed by atoms with Gasteiger partial charge in [-0.25, -0.2) is 4.68 Å². The van der Waals surface area contributed by atoms with Crippen molar-refractivity contribution in [3.63, 3.8) is 0 Å². The van der Waals surface area contributed by atoms with E-state index in [0.29, 0.717) is 11.5 Å². The average Bonchev–Trinajstić information content (AvgIpc) is 3.44. The Morgan fingerprint density at radius 3 is 2.50 bits per heavy atom. The molecule has 1 amide bonds. The van der Waals surface area contributed by atoms with Crippen LogP contribution in [0.5, 0.6) is 0 Å². The molecule has 140 valence electrons. The number of rotatable bonds is 3.